The summed E-state index contributed by atoms with van der Waals surface area (Å²) in [6.45, 7) is 11.7. The number of nitrogens with zero attached hydrogens (tertiary/aromatic N) is 7. The average Bonchev–Trinajstić information content (AvgIpc) is 3.40. The van der Waals surface area contributed by atoms with E-state index in [2.05, 4.69) is 61.6 Å². The van der Waals surface area contributed by atoms with Crippen LogP contribution in [0.4, 0.5) is 16.2 Å². The molecule has 3 aromatic heterocycles. The van der Waals surface area contributed by atoms with E-state index >= 15 is 0 Å². The van der Waals surface area contributed by atoms with Gasteiger partial charge >= 0.3 is 0 Å². The second-order valence-corrected chi connectivity index (χ2v) is 11.0. The molecule has 9 heteroatoms. The zero-order chi connectivity index (χ0) is 25.7. The molecule has 0 atom stereocenters. The lowest BCUT2D eigenvalue weighted by Crippen LogP contribution is -2.43. The number of piperazine rings is 1. The standard InChI is InChI=1S/C28H33FN8/c1-18-13-20(14-22-25(18)33-24-7-8-28(2,3)37(22)24)26-21(29)16-31-27(34-26)32-23-6-5-19(15-30-23)17-36-11-9-35(4)10-12-36/h5-6,13-16H,7-12,17H2,1-4H3,(H,30,31,32,34). The number of anilines is 2. The monoisotopic (exact) mass is 500 g/mol. The fraction of sp³-hybridized carbons (Fsp3) is 0.429. The quantitative estimate of drug-likeness (QED) is 0.432. The zero-order valence-corrected chi connectivity index (χ0v) is 21.9. The van der Waals surface area contributed by atoms with Crippen LogP contribution in [0.25, 0.3) is 22.3 Å². The summed E-state index contributed by atoms with van der Waals surface area (Å²) < 4.78 is 17.3. The van der Waals surface area contributed by atoms with Crippen LogP contribution in [0.15, 0.2) is 36.7 Å². The number of aryl methyl sites for hydroxylation is 2. The molecule has 0 radical (unpaired) electrons. The lowest BCUT2D eigenvalue weighted by atomic mass is 10.0. The van der Waals surface area contributed by atoms with E-state index in [1.807, 2.05) is 31.3 Å². The van der Waals surface area contributed by atoms with Gasteiger partial charge in [-0.05, 0) is 63.6 Å². The van der Waals surface area contributed by atoms with E-state index < -0.39 is 5.82 Å². The molecule has 4 aromatic rings. The number of hydrogen-bond donors (Lipinski definition) is 1. The van der Waals surface area contributed by atoms with Crippen molar-refractivity contribution in [2.75, 3.05) is 38.5 Å². The summed E-state index contributed by atoms with van der Waals surface area (Å²) in [4.78, 5) is 22.9. The molecule has 37 heavy (non-hydrogen) atoms. The zero-order valence-electron chi connectivity index (χ0n) is 21.9. The van der Waals surface area contributed by atoms with Gasteiger partial charge in [-0.2, -0.15) is 0 Å². The van der Waals surface area contributed by atoms with E-state index in [1.165, 1.54) is 6.20 Å². The summed E-state index contributed by atoms with van der Waals surface area (Å²) in [6.07, 6.45) is 5.10. The molecule has 0 bridgehead atoms. The maximum Gasteiger partial charge on any atom is 0.229 e. The number of fused-ring (bicyclic) bond motifs is 3. The summed E-state index contributed by atoms with van der Waals surface area (Å²) in [6, 6.07) is 7.95. The molecule has 1 N–H and O–H groups in total. The molecule has 0 amide bonds. The molecular weight excluding hydrogens is 467 g/mol. The van der Waals surface area contributed by atoms with Crippen LogP contribution in [0.2, 0.25) is 0 Å². The smallest absolute Gasteiger partial charge is 0.229 e. The third kappa shape index (κ3) is 4.57. The predicted molar refractivity (Wildman–Crippen MR) is 143 cm³/mol. The van der Waals surface area contributed by atoms with Crippen molar-refractivity contribution in [2.45, 2.75) is 45.7 Å². The Morgan fingerprint density at radius 2 is 1.84 bits per heavy atom. The van der Waals surface area contributed by atoms with Gasteiger partial charge in [-0.15, -0.1) is 0 Å². The Morgan fingerprint density at radius 3 is 2.59 bits per heavy atom. The summed E-state index contributed by atoms with van der Waals surface area (Å²) in [5.74, 6) is 1.57. The normalized spacial score (nSPS) is 17.9. The van der Waals surface area contributed by atoms with Gasteiger partial charge in [-0.1, -0.05) is 6.07 Å². The summed E-state index contributed by atoms with van der Waals surface area (Å²) in [5.41, 5.74) is 5.13. The van der Waals surface area contributed by atoms with Crippen molar-refractivity contribution in [2.24, 2.45) is 0 Å². The van der Waals surface area contributed by atoms with Crippen LogP contribution >= 0.6 is 0 Å². The molecule has 1 aromatic carbocycles. The number of likely N-dealkylation sites (N-methyl/N-ethyl adjacent to an activating group) is 1. The van der Waals surface area contributed by atoms with E-state index in [1.54, 1.807) is 0 Å². The van der Waals surface area contributed by atoms with Gasteiger partial charge in [0, 0.05) is 56.4 Å². The highest BCUT2D eigenvalue weighted by molar-refractivity contribution is 5.86. The van der Waals surface area contributed by atoms with Gasteiger partial charge in [0.15, 0.2) is 5.82 Å². The van der Waals surface area contributed by atoms with Gasteiger partial charge in [0.2, 0.25) is 5.95 Å². The predicted octanol–water partition coefficient (Wildman–Crippen LogP) is 4.51. The molecule has 2 aliphatic heterocycles. The summed E-state index contributed by atoms with van der Waals surface area (Å²) >= 11 is 0. The van der Waals surface area contributed by atoms with Crippen molar-refractivity contribution in [3.05, 3.63) is 59.4 Å². The second kappa shape index (κ2) is 9.15. The summed E-state index contributed by atoms with van der Waals surface area (Å²) in [5, 5.41) is 3.14. The van der Waals surface area contributed by atoms with Crippen LogP contribution in [0, 0.1) is 12.7 Å². The lowest BCUT2D eigenvalue weighted by Gasteiger charge is -2.32. The van der Waals surface area contributed by atoms with Gasteiger partial charge in [0.25, 0.3) is 0 Å². The van der Waals surface area contributed by atoms with E-state index in [-0.39, 0.29) is 11.2 Å². The first-order chi connectivity index (χ1) is 17.8. The van der Waals surface area contributed by atoms with E-state index in [0.717, 1.165) is 73.6 Å². The number of rotatable bonds is 5. The number of benzene rings is 1. The number of pyridine rings is 1. The molecule has 0 unspecified atom stereocenters. The lowest BCUT2D eigenvalue weighted by molar-refractivity contribution is 0.148. The largest absolute Gasteiger partial charge is 0.322 e. The highest BCUT2D eigenvalue weighted by Crippen LogP contribution is 2.38. The molecule has 1 fully saturated rings. The Hall–Kier alpha value is -3.43. The fourth-order valence-electron chi connectivity index (χ4n) is 5.50. The van der Waals surface area contributed by atoms with Crippen molar-refractivity contribution in [3.63, 3.8) is 0 Å². The first-order valence-electron chi connectivity index (χ1n) is 12.9. The highest BCUT2D eigenvalue weighted by atomic mass is 19.1. The third-order valence-corrected chi connectivity index (χ3v) is 7.67. The van der Waals surface area contributed by atoms with Crippen molar-refractivity contribution in [1.82, 2.24) is 34.3 Å². The number of halogens is 1. The fourth-order valence-corrected chi connectivity index (χ4v) is 5.50. The van der Waals surface area contributed by atoms with Crippen LogP contribution in [-0.4, -0.2) is 67.5 Å². The van der Waals surface area contributed by atoms with Gasteiger partial charge in [0.05, 0.1) is 17.2 Å². The van der Waals surface area contributed by atoms with Gasteiger partial charge in [-0.25, -0.2) is 24.3 Å². The Kier molecular flexibility index (Phi) is 5.92. The molecule has 0 spiro atoms. The minimum Gasteiger partial charge on any atom is -0.322 e. The maximum absolute atomic E-state index is 15.0. The molecule has 6 rings (SSSR count). The van der Waals surface area contributed by atoms with Crippen molar-refractivity contribution < 1.29 is 4.39 Å². The Labute approximate surface area is 216 Å². The van der Waals surface area contributed by atoms with Crippen molar-refractivity contribution >= 4 is 22.8 Å². The van der Waals surface area contributed by atoms with Crippen LogP contribution < -0.4 is 5.32 Å². The molecule has 0 saturated carbocycles. The molecule has 192 valence electrons. The third-order valence-electron chi connectivity index (χ3n) is 7.67. The van der Waals surface area contributed by atoms with Crippen LogP contribution in [0.1, 0.15) is 37.2 Å². The first kappa shape index (κ1) is 23.9. The van der Waals surface area contributed by atoms with Gasteiger partial charge < -0.3 is 14.8 Å². The van der Waals surface area contributed by atoms with Crippen LogP contribution in [0.5, 0.6) is 0 Å². The number of imidazole rings is 1. The number of nitrogens with one attached hydrogen (secondary N) is 1. The SMILES string of the molecule is Cc1cc(-c2nc(Nc3ccc(CN4CCN(C)CC4)cn3)ncc2F)cc2c1nc1n2C(C)(C)CC1. The second-order valence-electron chi connectivity index (χ2n) is 11.0. The Bertz CT molecular complexity index is 1450. The van der Waals surface area contributed by atoms with Crippen LogP contribution in [0.3, 0.4) is 0 Å². The van der Waals surface area contributed by atoms with Gasteiger partial charge in [0.1, 0.15) is 17.3 Å². The minimum atomic E-state index is -0.458. The Balaban J connectivity index is 1.25. The van der Waals surface area contributed by atoms with Crippen molar-refractivity contribution in [1.29, 1.82) is 0 Å². The molecular formula is C28H33FN8. The van der Waals surface area contributed by atoms with E-state index in [9.17, 15) is 4.39 Å². The number of hydrogen-bond acceptors (Lipinski definition) is 7. The maximum atomic E-state index is 15.0. The molecule has 0 aliphatic carbocycles. The van der Waals surface area contributed by atoms with E-state index in [0.29, 0.717) is 17.3 Å². The molecule has 8 nitrogen and oxygen atoms in total. The Morgan fingerprint density at radius 1 is 1.03 bits per heavy atom. The summed E-state index contributed by atoms with van der Waals surface area (Å²) in [7, 11) is 2.16. The average molecular weight is 501 g/mol. The molecule has 5 heterocycles. The first-order valence-corrected chi connectivity index (χ1v) is 12.9. The topological polar surface area (TPSA) is 75.0 Å². The molecule has 1 saturated heterocycles. The van der Waals surface area contributed by atoms with Gasteiger partial charge in [-0.3, -0.25) is 4.90 Å². The highest BCUT2D eigenvalue weighted by Gasteiger charge is 2.32. The number of aromatic nitrogens is 5. The van der Waals surface area contributed by atoms with E-state index in [4.69, 9.17) is 4.98 Å². The van der Waals surface area contributed by atoms with Crippen LogP contribution in [-0.2, 0) is 18.5 Å². The van der Waals surface area contributed by atoms with Crippen molar-refractivity contribution in [3.8, 4) is 11.3 Å². The molecule has 2 aliphatic rings. The minimum absolute atomic E-state index is 0.0196.